The number of imide groups is 1. The van der Waals surface area contributed by atoms with Crippen molar-refractivity contribution in [3.63, 3.8) is 0 Å². The van der Waals surface area contributed by atoms with Gasteiger partial charge in [-0.3, -0.25) is 24.6 Å². The van der Waals surface area contributed by atoms with Crippen LogP contribution in [0.2, 0.25) is 5.02 Å². The van der Waals surface area contributed by atoms with Crippen molar-refractivity contribution in [1.29, 1.82) is 0 Å². The molecule has 2 fully saturated rings. The number of carbonyl (C=O) groups excluding carboxylic acids is 3. The summed E-state index contributed by atoms with van der Waals surface area (Å²) in [5, 5.41) is 17.9. The molecule has 2 aromatic rings. The number of carbonyl (C=O) groups is 3. The van der Waals surface area contributed by atoms with Gasteiger partial charge in [-0.15, -0.1) is 0 Å². The van der Waals surface area contributed by atoms with Crippen molar-refractivity contribution < 1.29 is 19.5 Å². The monoisotopic (exact) mass is 453 g/mol. The molecule has 5 unspecified atom stereocenters. The van der Waals surface area contributed by atoms with E-state index in [1.807, 2.05) is 6.92 Å². The van der Waals surface area contributed by atoms with Crippen LogP contribution in [-0.2, 0) is 19.9 Å². The molecule has 32 heavy (non-hydrogen) atoms. The van der Waals surface area contributed by atoms with Crippen LogP contribution in [0.25, 0.3) is 0 Å². The summed E-state index contributed by atoms with van der Waals surface area (Å²) in [6.07, 6.45) is 0.406. The molecule has 3 heterocycles. The minimum absolute atomic E-state index is 0.310. The van der Waals surface area contributed by atoms with E-state index in [0.717, 1.165) is 6.42 Å². The number of rotatable bonds is 5. The van der Waals surface area contributed by atoms with Crippen LogP contribution in [0.1, 0.15) is 37.0 Å². The second-order valence-electron chi connectivity index (χ2n) is 8.66. The van der Waals surface area contributed by atoms with Crippen molar-refractivity contribution in [3.05, 3.63) is 64.7 Å². The summed E-state index contributed by atoms with van der Waals surface area (Å²) in [5.74, 6) is -2.87. The average Bonchev–Trinajstić information content (AvgIpc) is 3.38. The van der Waals surface area contributed by atoms with Gasteiger partial charge < -0.3 is 10.4 Å². The summed E-state index contributed by atoms with van der Waals surface area (Å²) in [4.78, 5) is 41.7. The number of benzene rings is 2. The van der Waals surface area contributed by atoms with Gasteiger partial charge in [0.1, 0.15) is 5.54 Å². The third kappa shape index (κ3) is 2.85. The van der Waals surface area contributed by atoms with Crippen LogP contribution < -0.4 is 10.6 Å². The van der Waals surface area contributed by atoms with Crippen molar-refractivity contribution >= 4 is 35.0 Å². The lowest BCUT2D eigenvalue weighted by molar-refractivity contribution is -0.143. The van der Waals surface area contributed by atoms with Gasteiger partial charge in [0.2, 0.25) is 17.7 Å². The molecule has 0 saturated carbocycles. The number of unbranched alkanes of at least 4 members (excludes halogenated alkanes) is 1. The largest absolute Gasteiger partial charge is 0.387 e. The summed E-state index contributed by atoms with van der Waals surface area (Å²) in [6, 6.07) is 13.1. The molecule has 0 radical (unpaired) electrons. The minimum atomic E-state index is -1.41. The average molecular weight is 454 g/mol. The lowest BCUT2D eigenvalue weighted by Gasteiger charge is -2.30. The molecule has 5 atom stereocenters. The Bertz CT molecular complexity index is 1100. The Morgan fingerprint density at radius 2 is 1.81 bits per heavy atom. The van der Waals surface area contributed by atoms with Crippen molar-refractivity contribution in [1.82, 2.24) is 10.2 Å². The molecule has 3 aliphatic rings. The van der Waals surface area contributed by atoms with Crippen LogP contribution in [0.3, 0.4) is 0 Å². The maximum atomic E-state index is 13.6. The number of nitrogens with one attached hydrogen (secondary N) is 2. The van der Waals surface area contributed by atoms with Crippen molar-refractivity contribution in [2.75, 3.05) is 11.9 Å². The summed E-state index contributed by atoms with van der Waals surface area (Å²) in [7, 11) is 0. The van der Waals surface area contributed by atoms with E-state index in [0.29, 0.717) is 34.8 Å². The number of hydrogen-bond acceptors (Lipinski definition) is 5. The molecule has 5 rings (SSSR count). The molecule has 3 amide bonds. The summed E-state index contributed by atoms with van der Waals surface area (Å²) < 4.78 is 0. The molecule has 3 aliphatic heterocycles. The number of fused-ring (bicyclic) bond motifs is 4. The maximum absolute atomic E-state index is 13.6. The smallest absolute Gasteiger partial charge is 0.250 e. The molecule has 1 spiro atoms. The highest BCUT2D eigenvalue weighted by atomic mass is 35.5. The molecule has 7 nitrogen and oxygen atoms in total. The number of aliphatic hydroxyl groups excluding tert-OH is 1. The number of halogens is 1. The first-order chi connectivity index (χ1) is 15.4. The first-order valence-corrected chi connectivity index (χ1v) is 11.3. The van der Waals surface area contributed by atoms with E-state index in [1.54, 1.807) is 48.5 Å². The third-order valence-electron chi connectivity index (χ3n) is 6.94. The molecule has 0 bridgehead atoms. The number of anilines is 1. The number of nitrogens with zero attached hydrogens (tertiary/aromatic N) is 1. The van der Waals surface area contributed by atoms with Crippen molar-refractivity contribution in [3.8, 4) is 0 Å². The standard InChI is InChI=1S/C24H24ClN3O4/c1-2-3-12-28-21(30)17-18(22(28)31)24(15-6-4-5-7-16(15)26-23(24)32)27-19(17)20(29)13-8-10-14(25)11-9-13/h4-11,17-20,27,29H,2-3,12H2,1H3,(H,26,32). The Hall–Kier alpha value is -2.74. The third-order valence-corrected chi connectivity index (χ3v) is 7.19. The topological polar surface area (TPSA) is 98.7 Å². The Morgan fingerprint density at radius 3 is 2.53 bits per heavy atom. The highest BCUT2D eigenvalue weighted by Gasteiger charge is 2.71. The van der Waals surface area contributed by atoms with Crippen LogP contribution in [0.4, 0.5) is 5.69 Å². The van der Waals surface area contributed by atoms with Gasteiger partial charge in [0.05, 0.1) is 24.0 Å². The molecule has 2 saturated heterocycles. The zero-order chi connectivity index (χ0) is 22.6. The lowest BCUT2D eigenvalue weighted by Crippen LogP contribution is -2.54. The number of hydrogen-bond donors (Lipinski definition) is 3. The lowest BCUT2D eigenvalue weighted by atomic mass is 9.76. The highest BCUT2D eigenvalue weighted by Crippen LogP contribution is 2.54. The molecule has 3 N–H and O–H groups in total. The van der Waals surface area contributed by atoms with Gasteiger partial charge in [-0.05, 0) is 30.2 Å². The zero-order valence-corrected chi connectivity index (χ0v) is 18.3. The SMILES string of the molecule is CCCCN1C(=O)C2C(C(O)c3ccc(Cl)cc3)NC3(C(=O)Nc4ccccc43)C2C1=O. The number of para-hydroxylation sites is 1. The highest BCUT2D eigenvalue weighted by molar-refractivity contribution is 6.30. The first kappa shape index (κ1) is 21.1. The zero-order valence-electron chi connectivity index (χ0n) is 17.5. The molecular formula is C24H24ClN3O4. The molecule has 0 aliphatic carbocycles. The molecule has 166 valence electrons. The normalized spacial score (nSPS) is 29.4. The second kappa shape index (κ2) is 7.69. The van der Waals surface area contributed by atoms with Crippen LogP contribution in [0.15, 0.2) is 48.5 Å². The Morgan fingerprint density at radius 1 is 1.09 bits per heavy atom. The van der Waals surface area contributed by atoms with E-state index >= 15 is 0 Å². The first-order valence-electron chi connectivity index (χ1n) is 10.9. The maximum Gasteiger partial charge on any atom is 0.250 e. The van der Waals surface area contributed by atoms with E-state index in [1.165, 1.54) is 4.90 Å². The van der Waals surface area contributed by atoms with E-state index in [2.05, 4.69) is 10.6 Å². The summed E-state index contributed by atoms with van der Waals surface area (Å²) >= 11 is 5.99. The van der Waals surface area contributed by atoms with Crippen molar-refractivity contribution in [2.45, 2.75) is 37.5 Å². The summed E-state index contributed by atoms with van der Waals surface area (Å²) in [6.45, 7) is 2.30. The molecule has 0 aromatic heterocycles. The number of amides is 3. The molecule has 8 heteroatoms. The summed E-state index contributed by atoms with van der Waals surface area (Å²) in [5.41, 5.74) is 0.385. The quantitative estimate of drug-likeness (QED) is 0.604. The van der Waals surface area contributed by atoms with Crippen LogP contribution in [0.5, 0.6) is 0 Å². The van der Waals surface area contributed by atoms with E-state index in [9.17, 15) is 19.5 Å². The molecular weight excluding hydrogens is 430 g/mol. The fourth-order valence-electron chi connectivity index (χ4n) is 5.42. The number of aliphatic hydroxyl groups is 1. The predicted octanol–water partition coefficient (Wildman–Crippen LogP) is 2.59. The fourth-order valence-corrected chi connectivity index (χ4v) is 5.55. The number of likely N-dealkylation sites (tertiary alicyclic amines) is 1. The second-order valence-corrected chi connectivity index (χ2v) is 9.10. The van der Waals surface area contributed by atoms with Gasteiger partial charge in [0, 0.05) is 22.8 Å². The van der Waals surface area contributed by atoms with Crippen LogP contribution >= 0.6 is 11.6 Å². The van der Waals surface area contributed by atoms with Gasteiger partial charge in [-0.25, -0.2) is 0 Å². The van der Waals surface area contributed by atoms with Crippen molar-refractivity contribution in [2.24, 2.45) is 11.8 Å². The Kier molecular flexibility index (Phi) is 5.08. The molecule has 2 aromatic carbocycles. The minimum Gasteiger partial charge on any atom is -0.387 e. The Labute approximate surface area is 190 Å². The van der Waals surface area contributed by atoms with E-state index in [-0.39, 0.29) is 17.7 Å². The Balaban J connectivity index is 1.63. The van der Waals surface area contributed by atoms with Gasteiger partial charge in [-0.1, -0.05) is 55.3 Å². The van der Waals surface area contributed by atoms with Crippen LogP contribution in [0, 0.1) is 11.8 Å². The predicted molar refractivity (Wildman–Crippen MR) is 119 cm³/mol. The fraction of sp³-hybridized carbons (Fsp3) is 0.375. The van der Waals surface area contributed by atoms with Gasteiger partial charge in [0.25, 0.3) is 0 Å². The van der Waals surface area contributed by atoms with Gasteiger partial charge in [0.15, 0.2) is 0 Å². The van der Waals surface area contributed by atoms with E-state index in [4.69, 9.17) is 11.6 Å². The van der Waals surface area contributed by atoms with Gasteiger partial charge >= 0.3 is 0 Å². The van der Waals surface area contributed by atoms with E-state index < -0.39 is 29.5 Å². The van der Waals surface area contributed by atoms with Gasteiger partial charge in [-0.2, -0.15) is 0 Å². The van der Waals surface area contributed by atoms with Crippen LogP contribution in [-0.4, -0.2) is 40.3 Å².